The number of benzene rings is 1. The SMILES string of the molecule is COC(=O)[C@H](CCO[Si](C)(C)C(C)(C)C)NC(=O)Cc1cccc([N+](=O)[O-])c1. The Morgan fingerprint density at radius 1 is 1.29 bits per heavy atom. The van der Waals surface area contributed by atoms with Crippen molar-refractivity contribution in [1.29, 1.82) is 0 Å². The monoisotopic (exact) mass is 410 g/mol. The lowest BCUT2D eigenvalue weighted by Gasteiger charge is -2.36. The Balaban J connectivity index is 2.71. The van der Waals surface area contributed by atoms with Gasteiger partial charge in [-0.15, -0.1) is 0 Å². The second-order valence-electron chi connectivity index (χ2n) is 8.14. The van der Waals surface area contributed by atoms with Crippen LogP contribution in [-0.2, 0) is 25.2 Å². The van der Waals surface area contributed by atoms with Gasteiger partial charge >= 0.3 is 5.97 Å². The normalized spacial score (nSPS) is 12.9. The molecule has 1 aromatic carbocycles. The summed E-state index contributed by atoms with van der Waals surface area (Å²) in [7, 11) is -0.703. The number of nitro benzene ring substituents is 1. The Morgan fingerprint density at radius 3 is 2.46 bits per heavy atom. The van der Waals surface area contributed by atoms with E-state index in [2.05, 4.69) is 39.2 Å². The van der Waals surface area contributed by atoms with Crippen molar-refractivity contribution >= 4 is 25.9 Å². The van der Waals surface area contributed by atoms with E-state index in [0.717, 1.165) is 0 Å². The number of nitrogens with one attached hydrogen (secondary N) is 1. The third-order valence-electron chi connectivity index (χ3n) is 4.98. The molecule has 0 aromatic heterocycles. The molecule has 0 radical (unpaired) electrons. The van der Waals surface area contributed by atoms with Crippen molar-refractivity contribution in [2.45, 2.75) is 57.8 Å². The van der Waals surface area contributed by atoms with Crippen molar-refractivity contribution < 1.29 is 23.7 Å². The molecule has 0 saturated heterocycles. The maximum Gasteiger partial charge on any atom is 0.328 e. The molecule has 8 nitrogen and oxygen atoms in total. The number of esters is 1. The van der Waals surface area contributed by atoms with Gasteiger partial charge in [0.05, 0.1) is 18.5 Å². The average Bonchev–Trinajstić information content (AvgIpc) is 2.59. The van der Waals surface area contributed by atoms with Gasteiger partial charge in [-0.1, -0.05) is 32.9 Å². The predicted octanol–water partition coefficient (Wildman–Crippen LogP) is 3.21. The quantitative estimate of drug-likeness (QED) is 0.290. The van der Waals surface area contributed by atoms with Crippen LogP contribution in [0.2, 0.25) is 18.1 Å². The number of ether oxygens (including phenoxy) is 1. The van der Waals surface area contributed by atoms with Crippen molar-refractivity contribution in [3.05, 3.63) is 39.9 Å². The van der Waals surface area contributed by atoms with E-state index >= 15 is 0 Å². The van der Waals surface area contributed by atoms with Crippen LogP contribution >= 0.6 is 0 Å². The Bertz CT molecular complexity index is 715. The van der Waals surface area contributed by atoms with Gasteiger partial charge < -0.3 is 14.5 Å². The highest BCUT2D eigenvalue weighted by molar-refractivity contribution is 6.74. The molecule has 156 valence electrons. The largest absolute Gasteiger partial charge is 0.467 e. The van der Waals surface area contributed by atoms with Crippen LogP contribution in [0.3, 0.4) is 0 Å². The Morgan fingerprint density at radius 2 is 1.93 bits per heavy atom. The highest BCUT2D eigenvalue weighted by Crippen LogP contribution is 2.36. The van der Waals surface area contributed by atoms with Crippen molar-refractivity contribution in [3.63, 3.8) is 0 Å². The maximum absolute atomic E-state index is 12.3. The third kappa shape index (κ3) is 7.04. The number of nitrogens with zero attached hydrogens (tertiary/aromatic N) is 1. The fraction of sp³-hybridized carbons (Fsp3) is 0.579. The second kappa shape index (κ2) is 9.79. The maximum atomic E-state index is 12.3. The number of rotatable bonds is 9. The highest BCUT2D eigenvalue weighted by atomic mass is 28.4. The zero-order valence-electron chi connectivity index (χ0n) is 17.4. The highest BCUT2D eigenvalue weighted by Gasteiger charge is 2.37. The molecule has 0 unspecified atom stereocenters. The molecule has 0 aliphatic rings. The number of methoxy groups -OCH3 is 1. The van der Waals surface area contributed by atoms with Gasteiger partial charge in [-0.3, -0.25) is 14.9 Å². The van der Waals surface area contributed by atoms with Gasteiger partial charge in [0.1, 0.15) is 6.04 Å². The van der Waals surface area contributed by atoms with Crippen LogP contribution in [0.15, 0.2) is 24.3 Å². The summed E-state index contributed by atoms with van der Waals surface area (Å²) in [5, 5.41) is 13.5. The molecule has 9 heteroatoms. The number of non-ortho nitro benzene ring substituents is 1. The molecular weight excluding hydrogens is 380 g/mol. The summed E-state index contributed by atoms with van der Waals surface area (Å²) < 4.78 is 10.8. The number of amides is 1. The van der Waals surface area contributed by atoms with E-state index in [4.69, 9.17) is 9.16 Å². The molecule has 0 fully saturated rings. The van der Waals surface area contributed by atoms with Crippen LogP contribution in [0.25, 0.3) is 0 Å². The van der Waals surface area contributed by atoms with Gasteiger partial charge in [-0.2, -0.15) is 0 Å². The van der Waals surface area contributed by atoms with Crippen LogP contribution in [-0.4, -0.2) is 44.9 Å². The number of hydrogen-bond donors (Lipinski definition) is 1. The van der Waals surface area contributed by atoms with E-state index in [0.29, 0.717) is 18.6 Å². The van der Waals surface area contributed by atoms with Gasteiger partial charge in [0, 0.05) is 25.2 Å². The summed E-state index contributed by atoms with van der Waals surface area (Å²) in [6.07, 6.45) is 0.220. The lowest BCUT2D eigenvalue weighted by molar-refractivity contribution is -0.384. The first-order valence-electron chi connectivity index (χ1n) is 9.12. The summed E-state index contributed by atoms with van der Waals surface area (Å²) in [4.78, 5) is 34.7. The Labute approximate surface area is 166 Å². The van der Waals surface area contributed by atoms with Gasteiger partial charge in [-0.05, 0) is 23.7 Å². The van der Waals surface area contributed by atoms with E-state index in [1.54, 1.807) is 6.07 Å². The summed E-state index contributed by atoms with van der Waals surface area (Å²) in [6, 6.07) is 5.01. The molecule has 1 atom stereocenters. The Hall–Kier alpha value is -2.26. The van der Waals surface area contributed by atoms with Crippen molar-refractivity contribution in [1.82, 2.24) is 5.32 Å². The molecule has 1 rings (SSSR count). The first-order chi connectivity index (χ1) is 12.9. The summed E-state index contributed by atoms with van der Waals surface area (Å²) >= 11 is 0. The van der Waals surface area contributed by atoms with Gasteiger partial charge in [0.2, 0.25) is 5.91 Å². The smallest absolute Gasteiger partial charge is 0.328 e. The van der Waals surface area contributed by atoms with E-state index in [9.17, 15) is 19.7 Å². The lowest BCUT2D eigenvalue weighted by Crippen LogP contribution is -2.45. The van der Waals surface area contributed by atoms with E-state index in [1.807, 2.05) is 0 Å². The number of carbonyl (C=O) groups is 2. The molecule has 1 amide bonds. The fourth-order valence-electron chi connectivity index (χ4n) is 2.25. The summed E-state index contributed by atoms with van der Waals surface area (Å²) in [5.41, 5.74) is 0.408. The lowest BCUT2D eigenvalue weighted by atomic mass is 10.1. The molecule has 28 heavy (non-hydrogen) atoms. The van der Waals surface area contributed by atoms with E-state index < -0.39 is 31.2 Å². The van der Waals surface area contributed by atoms with Gasteiger partial charge in [0.15, 0.2) is 8.32 Å². The fourth-order valence-corrected chi connectivity index (χ4v) is 3.31. The minimum Gasteiger partial charge on any atom is -0.467 e. The predicted molar refractivity (Wildman–Crippen MR) is 109 cm³/mol. The molecule has 0 aliphatic carbocycles. The molecule has 1 N–H and O–H groups in total. The number of carbonyl (C=O) groups excluding carboxylic acids is 2. The van der Waals surface area contributed by atoms with Gasteiger partial charge in [-0.25, -0.2) is 4.79 Å². The molecular formula is C19H30N2O6Si. The average molecular weight is 411 g/mol. The summed E-state index contributed by atoms with van der Waals surface area (Å²) in [5.74, 6) is -0.963. The number of nitro groups is 1. The Kier molecular flexibility index (Phi) is 8.31. The molecule has 0 saturated carbocycles. The molecule has 1 aromatic rings. The van der Waals surface area contributed by atoms with E-state index in [1.165, 1.54) is 25.3 Å². The first-order valence-corrected chi connectivity index (χ1v) is 12.0. The molecule has 0 bridgehead atoms. The zero-order valence-corrected chi connectivity index (χ0v) is 18.4. The van der Waals surface area contributed by atoms with Crippen molar-refractivity contribution in [2.75, 3.05) is 13.7 Å². The van der Waals surface area contributed by atoms with Crippen LogP contribution in [0.5, 0.6) is 0 Å². The third-order valence-corrected chi connectivity index (χ3v) is 9.52. The van der Waals surface area contributed by atoms with Crippen LogP contribution in [0.1, 0.15) is 32.8 Å². The number of hydrogen-bond acceptors (Lipinski definition) is 6. The minimum atomic E-state index is -1.96. The van der Waals surface area contributed by atoms with Crippen molar-refractivity contribution in [2.24, 2.45) is 0 Å². The van der Waals surface area contributed by atoms with Gasteiger partial charge in [0.25, 0.3) is 5.69 Å². The van der Waals surface area contributed by atoms with E-state index in [-0.39, 0.29) is 17.1 Å². The second-order valence-corrected chi connectivity index (χ2v) is 13.0. The van der Waals surface area contributed by atoms with Crippen LogP contribution in [0, 0.1) is 10.1 Å². The zero-order chi connectivity index (χ0) is 21.5. The minimum absolute atomic E-state index is 0.0407. The topological polar surface area (TPSA) is 108 Å². The molecule has 0 heterocycles. The summed E-state index contributed by atoms with van der Waals surface area (Å²) in [6.45, 7) is 10.9. The van der Waals surface area contributed by atoms with Crippen LogP contribution in [0.4, 0.5) is 5.69 Å². The standard InChI is InChI=1S/C19H30N2O6Si/c1-19(2,3)28(5,6)27-11-10-16(18(23)26-4)20-17(22)13-14-8-7-9-15(12-14)21(24)25/h7-9,12,16H,10-11,13H2,1-6H3,(H,20,22)/t16-/m0/s1. The molecule has 0 spiro atoms. The first kappa shape index (κ1) is 23.8. The van der Waals surface area contributed by atoms with Crippen LogP contribution < -0.4 is 5.32 Å². The molecule has 0 aliphatic heterocycles. The van der Waals surface area contributed by atoms with Crippen molar-refractivity contribution in [3.8, 4) is 0 Å².